The summed E-state index contributed by atoms with van der Waals surface area (Å²) in [5, 5.41) is 1.04. The maximum absolute atomic E-state index is 6.47. The fourth-order valence-corrected chi connectivity index (χ4v) is 3.07. The van der Waals surface area contributed by atoms with Crippen LogP contribution >= 0.6 is 0 Å². The predicted octanol–water partition coefficient (Wildman–Crippen LogP) is 3.94. The Morgan fingerprint density at radius 2 is 1.68 bits per heavy atom. The number of ether oxygens (including phenoxy) is 3. The summed E-state index contributed by atoms with van der Waals surface area (Å²) in [6, 6.07) is 14.0. The lowest BCUT2D eigenvalue weighted by molar-refractivity contribution is 0.146. The minimum absolute atomic E-state index is 0.535. The fourth-order valence-electron chi connectivity index (χ4n) is 3.07. The molecule has 3 aromatic rings. The zero-order chi connectivity index (χ0) is 17.8. The molecule has 0 fully saturated rings. The van der Waals surface area contributed by atoms with Crippen LogP contribution in [0.3, 0.4) is 0 Å². The van der Waals surface area contributed by atoms with E-state index in [1.165, 1.54) is 0 Å². The van der Waals surface area contributed by atoms with E-state index in [0.717, 1.165) is 45.9 Å². The Balaban J connectivity index is 2.01. The number of fused-ring (bicyclic) bond motifs is 1. The third-order valence-electron chi connectivity index (χ3n) is 4.31. The molecular weight excluding hydrogens is 316 g/mol. The van der Waals surface area contributed by atoms with Gasteiger partial charge in [0.1, 0.15) is 18.1 Å². The van der Waals surface area contributed by atoms with Gasteiger partial charge in [0.15, 0.2) is 0 Å². The number of anilines is 1. The van der Waals surface area contributed by atoms with E-state index in [2.05, 4.69) is 11.5 Å². The molecule has 3 rings (SSSR count). The SMILES string of the molecule is CCn1c(-c2ccc(OCCOC)cc2)c(N)c2ccc(OC)cc21. The summed E-state index contributed by atoms with van der Waals surface area (Å²) in [4.78, 5) is 0. The lowest BCUT2D eigenvalue weighted by Gasteiger charge is -2.11. The van der Waals surface area contributed by atoms with Crippen molar-refractivity contribution < 1.29 is 14.2 Å². The average molecular weight is 340 g/mol. The van der Waals surface area contributed by atoms with Crippen molar-refractivity contribution >= 4 is 16.6 Å². The van der Waals surface area contributed by atoms with Crippen molar-refractivity contribution in [1.29, 1.82) is 0 Å². The molecule has 0 saturated heterocycles. The smallest absolute Gasteiger partial charge is 0.120 e. The van der Waals surface area contributed by atoms with Gasteiger partial charge in [-0.15, -0.1) is 0 Å². The number of rotatable bonds is 7. The normalized spacial score (nSPS) is 11.0. The van der Waals surface area contributed by atoms with Crippen LogP contribution in [0.25, 0.3) is 22.2 Å². The summed E-state index contributed by atoms with van der Waals surface area (Å²) in [6.45, 7) is 4.04. The van der Waals surface area contributed by atoms with E-state index in [1.54, 1.807) is 14.2 Å². The number of hydrogen-bond acceptors (Lipinski definition) is 4. The number of methoxy groups -OCH3 is 2. The molecule has 1 heterocycles. The number of benzene rings is 2. The van der Waals surface area contributed by atoms with Crippen LogP contribution < -0.4 is 15.2 Å². The zero-order valence-corrected chi connectivity index (χ0v) is 14.9. The van der Waals surface area contributed by atoms with E-state index in [-0.39, 0.29) is 0 Å². The number of nitrogens with two attached hydrogens (primary N) is 1. The van der Waals surface area contributed by atoms with Crippen molar-refractivity contribution in [3.05, 3.63) is 42.5 Å². The van der Waals surface area contributed by atoms with Crippen molar-refractivity contribution in [3.63, 3.8) is 0 Å². The minimum atomic E-state index is 0.535. The predicted molar refractivity (Wildman–Crippen MR) is 101 cm³/mol. The number of aryl methyl sites for hydroxylation is 1. The lowest BCUT2D eigenvalue weighted by atomic mass is 10.1. The summed E-state index contributed by atoms with van der Waals surface area (Å²) < 4.78 is 18.2. The molecule has 5 nitrogen and oxygen atoms in total. The second-order valence-electron chi connectivity index (χ2n) is 5.76. The van der Waals surface area contributed by atoms with E-state index in [0.29, 0.717) is 13.2 Å². The van der Waals surface area contributed by atoms with E-state index in [4.69, 9.17) is 19.9 Å². The molecule has 0 bridgehead atoms. The molecule has 0 saturated carbocycles. The summed E-state index contributed by atoms with van der Waals surface area (Å²) in [5.41, 5.74) is 10.4. The number of hydrogen-bond donors (Lipinski definition) is 1. The van der Waals surface area contributed by atoms with Gasteiger partial charge in [0.2, 0.25) is 0 Å². The van der Waals surface area contributed by atoms with E-state index < -0.39 is 0 Å². The van der Waals surface area contributed by atoms with Crippen molar-refractivity contribution in [2.75, 3.05) is 33.2 Å². The topological polar surface area (TPSA) is 58.6 Å². The second-order valence-corrected chi connectivity index (χ2v) is 5.76. The highest BCUT2D eigenvalue weighted by molar-refractivity contribution is 6.01. The standard InChI is InChI=1S/C20H24N2O3/c1-4-22-18-13-16(24-3)9-10-17(18)19(21)20(22)14-5-7-15(8-6-14)25-12-11-23-2/h5-10,13H,4,11-12,21H2,1-3H3. The molecule has 132 valence electrons. The van der Waals surface area contributed by atoms with Crippen molar-refractivity contribution in [3.8, 4) is 22.8 Å². The number of nitrogen functional groups attached to an aromatic ring is 1. The zero-order valence-electron chi connectivity index (χ0n) is 14.9. The Morgan fingerprint density at radius 1 is 0.960 bits per heavy atom. The highest BCUT2D eigenvalue weighted by Gasteiger charge is 2.16. The summed E-state index contributed by atoms with van der Waals surface area (Å²) in [7, 11) is 3.33. The van der Waals surface area contributed by atoms with Crippen LogP contribution in [0.2, 0.25) is 0 Å². The van der Waals surface area contributed by atoms with Crippen LogP contribution in [-0.2, 0) is 11.3 Å². The molecule has 0 spiro atoms. The van der Waals surface area contributed by atoms with Crippen molar-refractivity contribution in [1.82, 2.24) is 4.57 Å². The monoisotopic (exact) mass is 340 g/mol. The van der Waals surface area contributed by atoms with Crippen LogP contribution in [0.4, 0.5) is 5.69 Å². The number of aromatic nitrogens is 1. The Labute approximate surface area is 147 Å². The van der Waals surface area contributed by atoms with Gasteiger partial charge < -0.3 is 24.5 Å². The average Bonchev–Trinajstić information content (AvgIpc) is 2.93. The number of nitrogens with zero attached hydrogens (tertiary/aromatic N) is 1. The summed E-state index contributed by atoms with van der Waals surface area (Å²) >= 11 is 0. The van der Waals surface area contributed by atoms with E-state index >= 15 is 0 Å². The highest BCUT2D eigenvalue weighted by atomic mass is 16.5. The van der Waals surface area contributed by atoms with Gasteiger partial charge in [-0.3, -0.25) is 0 Å². The molecule has 1 aromatic heterocycles. The first-order chi connectivity index (χ1) is 12.2. The fraction of sp³-hybridized carbons (Fsp3) is 0.300. The quantitative estimate of drug-likeness (QED) is 0.662. The van der Waals surface area contributed by atoms with E-state index in [1.807, 2.05) is 42.5 Å². The van der Waals surface area contributed by atoms with Gasteiger partial charge >= 0.3 is 0 Å². The van der Waals surface area contributed by atoms with Gasteiger partial charge in [0.25, 0.3) is 0 Å². The van der Waals surface area contributed by atoms with Gasteiger partial charge in [-0.05, 0) is 43.3 Å². The largest absolute Gasteiger partial charge is 0.497 e. The molecular formula is C20H24N2O3. The van der Waals surface area contributed by atoms with Gasteiger partial charge in [0.05, 0.1) is 30.6 Å². The molecule has 25 heavy (non-hydrogen) atoms. The van der Waals surface area contributed by atoms with Crippen LogP contribution in [0.5, 0.6) is 11.5 Å². The van der Waals surface area contributed by atoms with Crippen LogP contribution in [0.15, 0.2) is 42.5 Å². The first kappa shape index (κ1) is 17.2. The maximum Gasteiger partial charge on any atom is 0.120 e. The first-order valence-electron chi connectivity index (χ1n) is 8.37. The Morgan fingerprint density at radius 3 is 2.32 bits per heavy atom. The molecule has 0 unspecified atom stereocenters. The third kappa shape index (κ3) is 3.28. The Bertz CT molecular complexity index is 853. The molecule has 2 N–H and O–H groups in total. The van der Waals surface area contributed by atoms with Gasteiger partial charge in [-0.2, -0.15) is 0 Å². The first-order valence-corrected chi connectivity index (χ1v) is 8.37. The molecule has 0 aliphatic carbocycles. The van der Waals surface area contributed by atoms with Gasteiger partial charge in [-0.1, -0.05) is 0 Å². The molecule has 0 atom stereocenters. The summed E-state index contributed by atoms with van der Waals surface area (Å²) in [5.74, 6) is 1.65. The molecule has 0 aliphatic rings. The molecule has 0 aliphatic heterocycles. The Hall–Kier alpha value is -2.66. The molecule has 5 heteroatoms. The van der Waals surface area contributed by atoms with Crippen LogP contribution in [0, 0.1) is 0 Å². The lowest BCUT2D eigenvalue weighted by Crippen LogP contribution is -2.04. The minimum Gasteiger partial charge on any atom is -0.497 e. The van der Waals surface area contributed by atoms with Crippen LogP contribution in [0.1, 0.15) is 6.92 Å². The van der Waals surface area contributed by atoms with E-state index in [9.17, 15) is 0 Å². The second kappa shape index (κ2) is 7.49. The third-order valence-corrected chi connectivity index (χ3v) is 4.31. The molecule has 0 radical (unpaired) electrons. The molecule has 2 aromatic carbocycles. The molecule has 0 amide bonds. The van der Waals surface area contributed by atoms with Gasteiger partial charge in [0, 0.05) is 30.7 Å². The van der Waals surface area contributed by atoms with Crippen LogP contribution in [-0.4, -0.2) is 32.0 Å². The van der Waals surface area contributed by atoms with Gasteiger partial charge in [-0.25, -0.2) is 0 Å². The highest BCUT2D eigenvalue weighted by Crippen LogP contribution is 2.38. The Kier molecular flexibility index (Phi) is 5.14. The van der Waals surface area contributed by atoms with Crippen molar-refractivity contribution in [2.24, 2.45) is 0 Å². The van der Waals surface area contributed by atoms with Crippen molar-refractivity contribution in [2.45, 2.75) is 13.5 Å². The summed E-state index contributed by atoms with van der Waals surface area (Å²) in [6.07, 6.45) is 0. The maximum atomic E-state index is 6.47.